The van der Waals surface area contributed by atoms with Crippen LogP contribution in [0.1, 0.15) is 37.8 Å². The Morgan fingerprint density at radius 2 is 1.49 bits per heavy atom. The molecule has 0 fully saturated rings. The maximum absolute atomic E-state index is 13.7. The first kappa shape index (κ1) is 26.2. The molecule has 0 heterocycles. The van der Waals surface area contributed by atoms with Crippen LogP contribution in [0.5, 0.6) is 34.5 Å². The number of allylic oxidation sites excluding steroid dienone is 2. The van der Waals surface area contributed by atoms with Gasteiger partial charge in [0.05, 0.1) is 47.6 Å². The number of aromatic hydroxyl groups is 1. The lowest BCUT2D eigenvalue weighted by Crippen LogP contribution is -2.35. The van der Waals surface area contributed by atoms with Gasteiger partial charge in [-0.2, -0.15) is 0 Å². The van der Waals surface area contributed by atoms with Gasteiger partial charge in [0, 0.05) is 11.1 Å². The molecule has 190 valence electrons. The number of fused-ring (bicyclic) bond motifs is 3. The van der Waals surface area contributed by atoms with Gasteiger partial charge in [0.2, 0.25) is 11.5 Å². The van der Waals surface area contributed by atoms with Gasteiger partial charge in [-0.25, -0.2) is 0 Å². The number of hydrogen-bond acceptors (Lipinski definition) is 8. The maximum Gasteiger partial charge on any atom is 0.203 e. The SMILES string of the molecule is C/C=C(\C)C(=O)[C@H]1c2cc(OC)c(OC)c(OC)c2-c2c(cc(O)c(OC)c2OC)C[C@@H](C)[C@H]1O. The molecule has 2 N–H and O–H groups in total. The summed E-state index contributed by atoms with van der Waals surface area (Å²) in [6, 6.07) is 3.30. The van der Waals surface area contributed by atoms with Crippen LogP contribution in [0.4, 0.5) is 0 Å². The number of methoxy groups -OCH3 is 5. The van der Waals surface area contributed by atoms with Crippen molar-refractivity contribution in [2.24, 2.45) is 5.92 Å². The molecule has 0 aliphatic heterocycles. The Morgan fingerprint density at radius 1 is 0.914 bits per heavy atom. The Hall–Kier alpha value is -3.39. The minimum absolute atomic E-state index is 0.0938. The molecular weight excluding hydrogens is 452 g/mol. The molecule has 0 radical (unpaired) electrons. The van der Waals surface area contributed by atoms with Gasteiger partial charge in [-0.05, 0) is 55.0 Å². The van der Waals surface area contributed by atoms with Crippen molar-refractivity contribution in [3.63, 3.8) is 0 Å². The molecular formula is C27H34O8. The van der Waals surface area contributed by atoms with Crippen molar-refractivity contribution < 1.29 is 38.7 Å². The Morgan fingerprint density at radius 3 is 2.00 bits per heavy atom. The zero-order valence-corrected chi connectivity index (χ0v) is 21.5. The first-order valence-corrected chi connectivity index (χ1v) is 11.4. The molecule has 1 aliphatic carbocycles. The van der Waals surface area contributed by atoms with Crippen molar-refractivity contribution in [1.82, 2.24) is 0 Å². The number of aliphatic hydroxyl groups is 1. The summed E-state index contributed by atoms with van der Waals surface area (Å²) in [7, 11) is 7.40. The lowest BCUT2D eigenvalue weighted by molar-refractivity contribution is -0.120. The second kappa shape index (κ2) is 10.5. The quantitative estimate of drug-likeness (QED) is 0.559. The number of hydrogen-bond donors (Lipinski definition) is 2. The van der Waals surface area contributed by atoms with Crippen LogP contribution < -0.4 is 23.7 Å². The topological polar surface area (TPSA) is 104 Å². The van der Waals surface area contributed by atoms with Gasteiger partial charge in [0.1, 0.15) is 0 Å². The van der Waals surface area contributed by atoms with Gasteiger partial charge < -0.3 is 33.9 Å². The summed E-state index contributed by atoms with van der Waals surface area (Å²) < 4.78 is 28.3. The van der Waals surface area contributed by atoms with E-state index < -0.39 is 12.0 Å². The minimum Gasteiger partial charge on any atom is -0.504 e. The highest BCUT2D eigenvalue weighted by Crippen LogP contribution is 2.57. The molecule has 0 amide bonds. The zero-order valence-electron chi connectivity index (χ0n) is 21.5. The van der Waals surface area contributed by atoms with E-state index in [1.54, 1.807) is 32.1 Å². The summed E-state index contributed by atoms with van der Waals surface area (Å²) in [5.74, 6) is -0.135. The number of phenolic OH excluding ortho intramolecular Hbond substituents is 1. The average Bonchev–Trinajstić information content (AvgIpc) is 2.86. The van der Waals surface area contributed by atoms with Crippen LogP contribution >= 0.6 is 0 Å². The molecule has 2 aromatic carbocycles. The van der Waals surface area contributed by atoms with E-state index in [4.69, 9.17) is 23.7 Å². The molecule has 0 saturated carbocycles. The monoisotopic (exact) mass is 486 g/mol. The smallest absolute Gasteiger partial charge is 0.203 e. The number of aliphatic hydroxyl groups excluding tert-OH is 1. The number of benzene rings is 2. The van der Waals surface area contributed by atoms with Crippen molar-refractivity contribution in [1.29, 1.82) is 0 Å². The predicted octanol–water partition coefficient (Wildman–Crippen LogP) is 4.27. The van der Waals surface area contributed by atoms with Gasteiger partial charge in [-0.1, -0.05) is 13.0 Å². The Labute approximate surface area is 206 Å². The van der Waals surface area contributed by atoms with Crippen LogP contribution in [0.15, 0.2) is 23.8 Å². The van der Waals surface area contributed by atoms with Gasteiger partial charge in [0.15, 0.2) is 28.8 Å². The molecule has 0 spiro atoms. The van der Waals surface area contributed by atoms with Crippen LogP contribution in [0.2, 0.25) is 0 Å². The second-order valence-electron chi connectivity index (χ2n) is 8.59. The molecule has 3 atom stereocenters. The fourth-order valence-electron chi connectivity index (χ4n) is 4.85. The summed E-state index contributed by atoms with van der Waals surface area (Å²) >= 11 is 0. The van der Waals surface area contributed by atoms with Crippen LogP contribution in [0.3, 0.4) is 0 Å². The normalized spacial score (nSPS) is 19.6. The molecule has 2 aromatic rings. The lowest BCUT2D eigenvalue weighted by atomic mass is 9.73. The Balaban J connectivity index is 2.62. The van der Waals surface area contributed by atoms with Crippen molar-refractivity contribution >= 4 is 5.78 Å². The van der Waals surface area contributed by atoms with Crippen LogP contribution in [0.25, 0.3) is 11.1 Å². The molecule has 0 saturated heterocycles. The summed E-state index contributed by atoms with van der Waals surface area (Å²) in [5, 5.41) is 22.2. The molecule has 3 rings (SSSR count). The summed E-state index contributed by atoms with van der Waals surface area (Å²) in [6.07, 6.45) is 1.06. The van der Waals surface area contributed by atoms with Gasteiger partial charge in [0.25, 0.3) is 0 Å². The van der Waals surface area contributed by atoms with Crippen LogP contribution in [-0.4, -0.2) is 57.6 Å². The minimum atomic E-state index is -1.03. The van der Waals surface area contributed by atoms with Crippen molar-refractivity contribution in [3.8, 4) is 45.6 Å². The molecule has 0 aromatic heterocycles. The fourth-order valence-corrected chi connectivity index (χ4v) is 4.85. The third-order valence-electron chi connectivity index (χ3n) is 6.72. The average molecular weight is 487 g/mol. The standard InChI is InChI=1S/C27H34O8/c1-9-13(2)22(29)21-16-12-18(31-4)25(33-6)27(35-8)20(16)19-15(10-14(3)23(21)30)11-17(28)24(32-5)26(19)34-7/h9,11-12,14,21,23,28,30H,10H2,1-8H3/b13-9+/t14-,21-,23-/m1/s1. The number of carbonyl (C=O) groups is 1. The Bertz CT molecular complexity index is 1150. The maximum atomic E-state index is 13.7. The first-order chi connectivity index (χ1) is 16.7. The van der Waals surface area contributed by atoms with E-state index >= 15 is 0 Å². The van der Waals surface area contributed by atoms with Crippen molar-refractivity contribution in [2.45, 2.75) is 39.2 Å². The number of ether oxygens (including phenoxy) is 5. The van der Waals surface area contributed by atoms with E-state index in [0.717, 1.165) is 0 Å². The van der Waals surface area contributed by atoms with Gasteiger partial charge >= 0.3 is 0 Å². The third kappa shape index (κ3) is 4.27. The lowest BCUT2D eigenvalue weighted by Gasteiger charge is -2.34. The van der Waals surface area contributed by atoms with E-state index in [1.165, 1.54) is 35.5 Å². The predicted molar refractivity (Wildman–Crippen MR) is 132 cm³/mol. The largest absolute Gasteiger partial charge is 0.504 e. The summed E-state index contributed by atoms with van der Waals surface area (Å²) in [4.78, 5) is 13.7. The van der Waals surface area contributed by atoms with E-state index in [-0.39, 0.29) is 28.9 Å². The molecule has 35 heavy (non-hydrogen) atoms. The zero-order chi connectivity index (χ0) is 26.0. The molecule has 1 aliphatic rings. The highest BCUT2D eigenvalue weighted by molar-refractivity contribution is 6.03. The summed E-state index contributed by atoms with van der Waals surface area (Å²) in [5.41, 5.74) is 2.81. The fraction of sp³-hybridized carbons (Fsp3) is 0.444. The molecule has 8 heteroatoms. The van der Waals surface area contributed by atoms with Crippen molar-refractivity contribution in [2.75, 3.05) is 35.5 Å². The van der Waals surface area contributed by atoms with E-state index in [0.29, 0.717) is 51.5 Å². The number of carbonyl (C=O) groups excluding carboxylic acids is 1. The first-order valence-electron chi connectivity index (χ1n) is 11.4. The van der Waals surface area contributed by atoms with Crippen molar-refractivity contribution in [3.05, 3.63) is 34.9 Å². The van der Waals surface area contributed by atoms with E-state index in [1.807, 2.05) is 6.92 Å². The van der Waals surface area contributed by atoms with Crippen LogP contribution in [-0.2, 0) is 11.2 Å². The van der Waals surface area contributed by atoms with Crippen LogP contribution in [0, 0.1) is 5.92 Å². The highest BCUT2D eigenvalue weighted by atomic mass is 16.5. The second-order valence-corrected chi connectivity index (χ2v) is 8.59. The van der Waals surface area contributed by atoms with Gasteiger partial charge in [-0.15, -0.1) is 0 Å². The third-order valence-corrected chi connectivity index (χ3v) is 6.72. The van der Waals surface area contributed by atoms with E-state index in [2.05, 4.69) is 0 Å². The highest BCUT2D eigenvalue weighted by Gasteiger charge is 2.41. The summed E-state index contributed by atoms with van der Waals surface area (Å²) in [6.45, 7) is 5.39. The number of ketones is 1. The number of Topliss-reactive ketones (excluding diaryl/α,β-unsaturated/α-hetero) is 1. The Kier molecular flexibility index (Phi) is 7.85. The van der Waals surface area contributed by atoms with E-state index in [9.17, 15) is 15.0 Å². The molecule has 0 unspecified atom stereocenters. The number of rotatable bonds is 7. The number of phenols is 1. The molecule has 8 nitrogen and oxygen atoms in total. The van der Waals surface area contributed by atoms with Gasteiger partial charge in [-0.3, -0.25) is 4.79 Å². The molecule has 0 bridgehead atoms.